The molecule has 0 aromatic rings. The second kappa shape index (κ2) is 5.52. The van der Waals surface area contributed by atoms with Crippen molar-refractivity contribution in [3.8, 4) is 0 Å². The van der Waals surface area contributed by atoms with Gasteiger partial charge in [-0.25, -0.2) is 0 Å². The molecule has 0 fully saturated rings. The molecule has 0 radical (unpaired) electrons. The van der Waals surface area contributed by atoms with E-state index in [-0.39, 0.29) is 12.5 Å². The maximum absolute atomic E-state index is 9.16. The van der Waals surface area contributed by atoms with Gasteiger partial charge in [-0.1, -0.05) is 13.3 Å². The van der Waals surface area contributed by atoms with Crippen LogP contribution < -0.4 is 0 Å². The summed E-state index contributed by atoms with van der Waals surface area (Å²) in [7, 11) is 0. The Hall–Kier alpha value is -0.120. The van der Waals surface area contributed by atoms with Gasteiger partial charge in [0.2, 0.25) is 0 Å². The molecule has 68 valence electrons. The average molecular weight is 162 g/mol. The Balaban J connectivity index is 3.68. The lowest BCUT2D eigenvalue weighted by molar-refractivity contribution is 0.0393. The molecular weight excluding hydrogens is 144 g/mol. The third-order valence-corrected chi connectivity index (χ3v) is 1.99. The van der Waals surface area contributed by atoms with Crippen LogP contribution >= 0.6 is 0 Å². The zero-order valence-corrected chi connectivity index (χ0v) is 7.20. The summed E-state index contributed by atoms with van der Waals surface area (Å²) in [6.07, 6.45) is 0.218. The number of hydrogen-bond acceptors (Lipinski definition) is 3. The van der Waals surface area contributed by atoms with Gasteiger partial charge in [0.1, 0.15) is 0 Å². The Labute approximate surface area is 67.7 Å². The summed E-state index contributed by atoms with van der Waals surface area (Å²) in [4.78, 5) is 0. The molecular formula is C8H18O3. The van der Waals surface area contributed by atoms with Gasteiger partial charge in [0.15, 0.2) is 0 Å². The molecule has 0 spiro atoms. The second-order valence-electron chi connectivity index (χ2n) is 2.98. The maximum atomic E-state index is 9.16. The highest BCUT2D eigenvalue weighted by molar-refractivity contribution is 4.67. The number of aliphatic hydroxyl groups is 3. The molecule has 3 heteroatoms. The molecule has 3 unspecified atom stereocenters. The lowest BCUT2D eigenvalue weighted by Gasteiger charge is -2.19. The van der Waals surface area contributed by atoms with Gasteiger partial charge >= 0.3 is 0 Å². The topological polar surface area (TPSA) is 60.7 Å². The van der Waals surface area contributed by atoms with Crippen molar-refractivity contribution in [2.75, 3.05) is 6.61 Å². The molecule has 0 rings (SSSR count). The molecule has 0 saturated heterocycles. The minimum Gasteiger partial charge on any atom is -0.394 e. The van der Waals surface area contributed by atoms with Crippen molar-refractivity contribution in [2.24, 2.45) is 5.92 Å². The molecule has 0 aliphatic heterocycles. The van der Waals surface area contributed by atoms with Crippen LogP contribution in [0.2, 0.25) is 0 Å². The predicted octanol–water partition coefficient (Wildman–Crippen LogP) is 0.137. The monoisotopic (exact) mass is 162 g/mol. The normalized spacial score (nSPS) is 19.4. The Morgan fingerprint density at radius 2 is 1.82 bits per heavy atom. The van der Waals surface area contributed by atoms with Crippen molar-refractivity contribution in [3.63, 3.8) is 0 Å². The predicted molar refractivity (Wildman–Crippen MR) is 43.2 cm³/mol. The summed E-state index contributed by atoms with van der Waals surface area (Å²) < 4.78 is 0. The summed E-state index contributed by atoms with van der Waals surface area (Å²) in [5.41, 5.74) is 0. The SMILES string of the molecule is CCC(CC(O)CO)C(C)O. The molecule has 11 heavy (non-hydrogen) atoms. The first-order valence-corrected chi connectivity index (χ1v) is 4.08. The molecule has 3 N–H and O–H groups in total. The summed E-state index contributed by atoms with van der Waals surface area (Å²) in [5, 5.41) is 26.7. The Bertz CT molecular complexity index is 93.3. The van der Waals surface area contributed by atoms with E-state index in [9.17, 15) is 0 Å². The molecule has 0 aromatic carbocycles. The van der Waals surface area contributed by atoms with E-state index in [1.54, 1.807) is 6.92 Å². The molecule has 3 atom stereocenters. The lowest BCUT2D eigenvalue weighted by atomic mass is 9.94. The van der Waals surface area contributed by atoms with Crippen molar-refractivity contribution in [3.05, 3.63) is 0 Å². The molecule has 0 aromatic heterocycles. The number of rotatable bonds is 5. The van der Waals surface area contributed by atoms with Crippen LogP contribution in [-0.4, -0.2) is 34.1 Å². The van der Waals surface area contributed by atoms with Gasteiger partial charge in [-0.2, -0.15) is 0 Å². The fourth-order valence-electron chi connectivity index (χ4n) is 1.13. The standard InChI is InChI=1S/C8H18O3/c1-3-7(6(2)10)4-8(11)5-9/h6-11H,3-5H2,1-2H3. The van der Waals surface area contributed by atoms with Gasteiger partial charge in [-0.3, -0.25) is 0 Å². The highest BCUT2D eigenvalue weighted by atomic mass is 16.3. The average Bonchev–Trinajstić information content (AvgIpc) is 1.99. The summed E-state index contributed by atoms with van der Waals surface area (Å²) in [5.74, 6) is 0.0946. The van der Waals surface area contributed by atoms with Gasteiger partial charge in [0, 0.05) is 0 Å². The van der Waals surface area contributed by atoms with Crippen LogP contribution in [0, 0.1) is 5.92 Å². The van der Waals surface area contributed by atoms with Crippen LogP contribution in [0.5, 0.6) is 0 Å². The number of aliphatic hydroxyl groups excluding tert-OH is 3. The Morgan fingerprint density at radius 3 is 2.09 bits per heavy atom. The van der Waals surface area contributed by atoms with Gasteiger partial charge in [-0.05, 0) is 19.3 Å². The van der Waals surface area contributed by atoms with Crippen LogP contribution in [0.1, 0.15) is 26.7 Å². The Morgan fingerprint density at radius 1 is 1.27 bits per heavy atom. The van der Waals surface area contributed by atoms with Crippen LogP contribution in [0.15, 0.2) is 0 Å². The van der Waals surface area contributed by atoms with Gasteiger partial charge in [0.05, 0.1) is 18.8 Å². The fraction of sp³-hybridized carbons (Fsp3) is 1.00. The third kappa shape index (κ3) is 4.35. The maximum Gasteiger partial charge on any atom is 0.0774 e. The highest BCUT2D eigenvalue weighted by Crippen LogP contribution is 2.15. The summed E-state index contributed by atoms with van der Waals surface area (Å²) in [6.45, 7) is 3.45. The fourth-order valence-corrected chi connectivity index (χ4v) is 1.13. The van der Waals surface area contributed by atoms with E-state index in [2.05, 4.69) is 0 Å². The van der Waals surface area contributed by atoms with Gasteiger partial charge < -0.3 is 15.3 Å². The minimum absolute atomic E-state index is 0.0946. The summed E-state index contributed by atoms with van der Waals surface area (Å²) in [6, 6.07) is 0. The molecule has 3 nitrogen and oxygen atoms in total. The smallest absolute Gasteiger partial charge is 0.0774 e. The number of hydrogen-bond donors (Lipinski definition) is 3. The second-order valence-corrected chi connectivity index (χ2v) is 2.98. The lowest BCUT2D eigenvalue weighted by Crippen LogP contribution is -2.24. The van der Waals surface area contributed by atoms with Crippen molar-refractivity contribution in [1.82, 2.24) is 0 Å². The van der Waals surface area contributed by atoms with Crippen LogP contribution in [0.25, 0.3) is 0 Å². The van der Waals surface area contributed by atoms with E-state index in [1.165, 1.54) is 0 Å². The van der Waals surface area contributed by atoms with E-state index < -0.39 is 12.2 Å². The molecule has 0 bridgehead atoms. The highest BCUT2D eigenvalue weighted by Gasteiger charge is 2.16. The molecule has 0 aliphatic carbocycles. The quantitative estimate of drug-likeness (QED) is 0.539. The van der Waals surface area contributed by atoms with Crippen molar-refractivity contribution in [2.45, 2.75) is 38.9 Å². The van der Waals surface area contributed by atoms with E-state index in [0.29, 0.717) is 6.42 Å². The van der Waals surface area contributed by atoms with Crippen molar-refractivity contribution >= 4 is 0 Å². The van der Waals surface area contributed by atoms with Crippen molar-refractivity contribution < 1.29 is 15.3 Å². The van der Waals surface area contributed by atoms with Crippen LogP contribution in [-0.2, 0) is 0 Å². The van der Waals surface area contributed by atoms with Gasteiger partial charge in [-0.15, -0.1) is 0 Å². The molecule has 0 saturated carbocycles. The van der Waals surface area contributed by atoms with E-state index in [0.717, 1.165) is 6.42 Å². The van der Waals surface area contributed by atoms with E-state index in [1.807, 2.05) is 6.92 Å². The Kier molecular flexibility index (Phi) is 5.46. The van der Waals surface area contributed by atoms with Crippen LogP contribution in [0.4, 0.5) is 0 Å². The molecule has 0 aliphatic rings. The zero-order valence-electron chi connectivity index (χ0n) is 7.20. The first kappa shape index (κ1) is 10.9. The van der Waals surface area contributed by atoms with Gasteiger partial charge in [0.25, 0.3) is 0 Å². The largest absolute Gasteiger partial charge is 0.394 e. The van der Waals surface area contributed by atoms with Crippen molar-refractivity contribution in [1.29, 1.82) is 0 Å². The van der Waals surface area contributed by atoms with E-state index >= 15 is 0 Å². The van der Waals surface area contributed by atoms with Crippen LogP contribution in [0.3, 0.4) is 0 Å². The molecule has 0 heterocycles. The molecule has 0 amide bonds. The van der Waals surface area contributed by atoms with E-state index in [4.69, 9.17) is 15.3 Å². The third-order valence-electron chi connectivity index (χ3n) is 1.99. The zero-order chi connectivity index (χ0) is 8.85. The summed E-state index contributed by atoms with van der Waals surface area (Å²) >= 11 is 0. The first-order chi connectivity index (χ1) is 5.11. The minimum atomic E-state index is -0.686. The first-order valence-electron chi connectivity index (χ1n) is 4.08.